The average Bonchev–Trinajstić information content (AvgIpc) is 2.94. The molecule has 0 amide bonds. The van der Waals surface area contributed by atoms with Gasteiger partial charge in [0.2, 0.25) is 5.79 Å². The summed E-state index contributed by atoms with van der Waals surface area (Å²) in [6.07, 6.45) is 3.98. The van der Waals surface area contributed by atoms with Gasteiger partial charge >= 0.3 is 0 Å². The molecule has 5 rings (SSSR count). The van der Waals surface area contributed by atoms with Crippen molar-refractivity contribution in [3.63, 3.8) is 0 Å². The third-order valence-corrected chi connectivity index (χ3v) is 6.91. The van der Waals surface area contributed by atoms with Crippen molar-refractivity contribution < 1.29 is 19.3 Å². The zero-order chi connectivity index (χ0) is 16.7. The second-order valence-corrected chi connectivity index (χ2v) is 7.94. The van der Waals surface area contributed by atoms with Gasteiger partial charge in [-0.15, -0.1) is 0 Å². The van der Waals surface area contributed by atoms with Crippen LogP contribution in [0, 0.1) is 0 Å². The van der Waals surface area contributed by atoms with E-state index < -0.39 is 11.9 Å². The van der Waals surface area contributed by atoms with Gasteiger partial charge in [-0.1, -0.05) is 0 Å². The molecule has 130 valence electrons. The van der Waals surface area contributed by atoms with Gasteiger partial charge in [0.15, 0.2) is 11.5 Å². The highest BCUT2D eigenvalue weighted by molar-refractivity contribution is 5.63. The van der Waals surface area contributed by atoms with Crippen LogP contribution in [-0.2, 0) is 16.6 Å². The summed E-state index contributed by atoms with van der Waals surface area (Å²) >= 11 is 0. The Hall–Kier alpha value is -1.30. The van der Waals surface area contributed by atoms with Crippen molar-refractivity contribution in [3.8, 4) is 11.5 Å². The minimum atomic E-state index is -0.946. The molecule has 2 bridgehead atoms. The van der Waals surface area contributed by atoms with Gasteiger partial charge in [-0.05, 0) is 49.9 Å². The second kappa shape index (κ2) is 4.65. The van der Waals surface area contributed by atoms with Gasteiger partial charge in [0, 0.05) is 37.1 Å². The summed E-state index contributed by atoms with van der Waals surface area (Å²) in [5.41, 5.74) is 4.24. The predicted octanol–water partition coefficient (Wildman–Crippen LogP) is 2.15. The summed E-state index contributed by atoms with van der Waals surface area (Å²) < 4.78 is 17.8. The molecule has 1 fully saturated rings. The summed E-state index contributed by atoms with van der Waals surface area (Å²) in [6, 6.07) is 2.59. The Balaban J connectivity index is 1.80. The molecule has 4 unspecified atom stereocenters. The Morgan fingerprint density at radius 3 is 2.96 bits per heavy atom. The molecule has 2 heterocycles. The number of aliphatic hydroxyl groups is 1. The third-order valence-electron chi connectivity index (χ3n) is 6.91. The highest BCUT2D eigenvalue weighted by atomic mass is 16.7. The molecule has 4 aliphatic rings. The fourth-order valence-electron chi connectivity index (χ4n) is 5.70. The Morgan fingerprint density at radius 1 is 1.38 bits per heavy atom. The number of hydrogen-bond donors (Lipinski definition) is 1. The first-order valence-electron chi connectivity index (χ1n) is 8.90. The number of benzene rings is 1. The zero-order valence-electron chi connectivity index (χ0n) is 14.6. The van der Waals surface area contributed by atoms with Crippen LogP contribution in [0.1, 0.15) is 48.4 Å². The SMILES string of the molecule is COc1cc2c3c4c1OC1(OC)CC4(CCC1O)CC3N(C)CC2. The van der Waals surface area contributed by atoms with Crippen molar-refractivity contribution in [2.24, 2.45) is 0 Å². The van der Waals surface area contributed by atoms with E-state index in [0.717, 1.165) is 50.1 Å². The van der Waals surface area contributed by atoms with Crippen LogP contribution in [0.5, 0.6) is 11.5 Å². The first-order valence-corrected chi connectivity index (χ1v) is 8.90. The van der Waals surface area contributed by atoms with Gasteiger partial charge in [-0.3, -0.25) is 4.90 Å². The minimum Gasteiger partial charge on any atom is -0.493 e. The largest absolute Gasteiger partial charge is 0.493 e. The standard InChI is InChI=1S/C19H25NO4/c1-20-7-5-11-8-13(22-2)17-16-15(11)12(20)9-18(16)6-4-14(21)19(10-18,23-3)24-17/h8,12,14,21H,4-7,9-10H2,1-3H3. The number of hydrogen-bond acceptors (Lipinski definition) is 5. The lowest BCUT2D eigenvalue weighted by Gasteiger charge is -2.52. The van der Waals surface area contributed by atoms with Gasteiger partial charge < -0.3 is 19.3 Å². The molecule has 1 saturated carbocycles. The van der Waals surface area contributed by atoms with E-state index in [1.807, 2.05) is 0 Å². The lowest BCUT2D eigenvalue weighted by molar-refractivity contribution is -0.260. The van der Waals surface area contributed by atoms with Crippen molar-refractivity contribution in [3.05, 3.63) is 22.8 Å². The molecule has 24 heavy (non-hydrogen) atoms. The number of aliphatic hydroxyl groups excluding tert-OH is 1. The number of ether oxygens (including phenoxy) is 3. The van der Waals surface area contributed by atoms with Gasteiger partial charge in [0.1, 0.15) is 6.10 Å². The molecular formula is C19H25NO4. The number of nitrogens with zero attached hydrogens (tertiary/aromatic N) is 1. The molecule has 1 N–H and O–H groups in total. The smallest absolute Gasteiger partial charge is 0.237 e. The van der Waals surface area contributed by atoms with Crippen LogP contribution in [0.15, 0.2) is 6.07 Å². The molecule has 0 saturated heterocycles. The molecule has 2 aliphatic heterocycles. The third kappa shape index (κ3) is 1.61. The zero-order valence-corrected chi connectivity index (χ0v) is 14.6. The maximum atomic E-state index is 10.6. The minimum absolute atomic E-state index is 0.0325. The van der Waals surface area contributed by atoms with E-state index in [2.05, 4.69) is 18.0 Å². The molecular weight excluding hydrogens is 306 g/mol. The van der Waals surface area contributed by atoms with E-state index in [-0.39, 0.29) is 5.41 Å². The highest BCUT2D eigenvalue weighted by Gasteiger charge is 2.62. The van der Waals surface area contributed by atoms with Crippen LogP contribution in [0.4, 0.5) is 0 Å². The molecule has 2 aliphatic carbocycles. The molecule has 0 aromatic heterocycles. The molecule has 1 aromatic rings. The van der Waals surface area contributed by atoms with E-state index in [1.54, 1.807) is 14.2 Å². The summed E-state index contributed by atoms with van der Waals surface area (Å²) in [6.45, 7) is 1.08. The van der Waals surface area contributed by atoms with Crippen LogP contribution in [0.25, 0.3) is 0 Å². The molecule has 1 aromatic carbocycles. The second-order valence-electron chi connectivity index (χ2n) is 7.94. The Bertz CT molecular complexity index is 720. The van der Waals surface area contributed by atoms with Crippen molar-refractivity contribution in [2.45, 2.75) is 55.5 Å². The van der Waals surface area contributed by atoms with Crippen molar-refractivity contribution in [2.75, 3.05) is 27.8 Å². The van der Waals surface area contributed by atoms with E-state index in [9.17, 15) is 5.11 Å². The highest BCUT2D eigenvalue weighted by Crippen LogP contribution is 2.65. The summed E-state index contributed by atoms with van der Waals surface area (Å²) in [5, 5.41) is 10.6. The maximum absolute atomic E-state index is 10.6. The first-order chi connectivity index (χ1) is 11.5. The van der Waals surface area contributed by atoms with Crippen LogP contribution >= 0.6 is 0 Å². The predicted molar refractivity (Wildman–Crippen MR) is 88.6 cm³/mol. The number of fused-ring (bicyclic) bond motifs is 1. The fourth-order valence-corrected chi connectivity index (χ4v) is 5.70. The molecule has 4 atom stereocenters. The topological polar surface area (TPSA) is 51.2 Å². The Morgan fingerprint density at radius 2 is 2.21 bits per heavy atom. The van der Waals surface area contributed by atoms with Crippen LogP contribution in [0.3, 0.4) is 0 Å². The summed E-state index contributed by atoms with van der Waals surface area (Å²) in [7, 11) is 5.56. The quantitative estimate of drug-likeness (QED) is 0.900. The molecule has 1 spiro atoms. The fraction of sp³-hybridized carbons (Fsp3) is 0.684. The van der Waals surface area contributed by atoms with Crippen LogP contribution in [-0.4, -0.2) is 49.7 Å². The Labute approximate surface area is 142 Å². The number of methoxy groups -OCH3 is 2. The van der Waals surface area contributed by atoms with Crippen molar-refractivity contribution >= 4 is 0 Å². The van der Waals surface area contributed by atoms with Gasteiger partial charge in [-0.25, -0.2) is 0 Å². The van der Waals surface area contributed by atoms with E-state index >= 15 is 0 Å². The number of likely N-dealkylation sites (N-methyl/N-ethyl adjacent to an activating group) is 1. The average molecular weight is 331 g/mol. The van der Waals surface area contributed by atoms with Crippen LogP contribution < -0.4 is 9.47 Å². The number of rotatable bonds is 2. The van der Waals surface area contributed by atoms with E-state index in [0.29, 0.717) is 6.04 Å². The van der Waals surface area contributed by atoms with Gasteiger partial charge in [-0.2, -0.15) is 0 Å². The van der Waals surface area contributed by atoms with Gasteiger partial charge in [0.25, 0.3) is 0 Å². The normalized spacial score (nSPS) is 39.3. The first kappa shape index (κ1) is 15.0. The van der Waals surface area contributed by atoms with Crippen molar-refractivity contribution in [1.29, 1.82) is 0 Å². The molecule has 5 nitrogen and oxygen atoms in total. The Kier molecular flexibility index (Phi) is 2.91. The van der Waals surface area contributed by atoms with Crippen molar-refractivity contribution in [1.82, 2.24) is 4.90 Å². The lowest BCUT2D eigenvalue weighted by atomic mass is 9.65. The van der Waals surface area contributed by atoms with Gasteiger partial charge in [0.05, 0.1) is 7.11 Å². The molecule has 5 heteroatoms. The molecule has 0 radical (unpaired) electrons. The summed E-state index contributed by atoms with van der Waals surface area (Å²) in [5.74, 6) is 0.646. The van der Waals surface area contributed by atoms with E-state index in [4.69, 9.17) is 14.2 Å². The summed E-state index contributed by atoms with van der Waals surface area (Å²) in [4.78, 5) is 2.47. The van der Waals surface area contributed by atoms with E-state index in [1.165, 1.54) is 16.7 Å². The lowest BCUT2D eigenvalue weighted by Crippen LogP contribution is -2.59. The maximum Gasteiger partial charge on any atom is 0.237 e. The van der Waals surface area contributed by atoms with Crippen LogP contribution in [0.2, 0.25) is 0 Å². The monoisotopic (exact) mass is 331 g/mol.